The average molecular weight is 354 g/mol. The molecule has 0 unspecified atom stereocenters. The summed E-state index contributed by atoms with van der Waals surface area (Å²) in [6.45, 7) is 0.862. The normalized spacial score (nSPS) is 12.7. The first-order valence-electron chi connectivity index (χ1n) is 6.51. The average Bonchev–Trinajstić information content (AvgIpc) is 2.50. The number of rotatable bonds is 3. The predicted molar refractivity (Wildman–Crippen MR) is 83.0 cm³/mol. The van der Waals surface area contributed by atoms with E-state index in [-0.39, 0.29) is 5.57 Å². The second-order valence-electron chi connectivity index (χ2n) is 4.60. The summed E-state index contributed by atoms with van der Waals surface area (Å²) >= 11 is 3.45. The van der Waals surface area contributed by atoms with Crippen LogP contribution in [-0.2, 0) is 25.5 Å². The Kier molecular flexibility index (Phi) is 5.01. The van der Waals surface area contributed by atoms with Crippen LogP contribution in [0.3, 0.4) is 0 Å². The first-order valence-corrected chi connectivity index (χ1v) is 7.30. The quantitative estimate of drug-likeness (QED) is 0.391. The van der Waals surface area contributed by atoms with Crippen molar-refractivity contribution in [2.24, 2.45) is 0 Å². The van der Waals surface area contributed by atoms with Crippen LogP contribution in [0.4, 0.5) is 5.69 Å². The molecule has 1 aromatic rings. The van der Waals surface area contributed by atoms with Crippen molar-refractivity contribution in [1.82, 2.24) is 0 Å². The number of fused-ring (bicyclic) bond motifs is 1. The largest absolute Gasteiger partial charge is 0.465 e. The molecule has 21 heavy (non-hydrogen) atoms. The SMILES string of the molecule is COC(=O)C(=Cc1cc(Br)cc2c1NCCC2)C(=O)OC. The molecule has 1 N–H and O–H groups in total. The number of anilines is 1. The number of hydrogen-bond acceptors (Lipinski definition) is 5. The van der Waals surface area contributed by atoms with E-state index < -0.39 is 11.9 Å². The van der Waals surface area contributed by atoms with Gasteiger partial charge in [-0.05, 0) is 36.6 Å². The zero-order valence-corrected chi connectivity index (χ0v) is 13.5. The van der Waals surface area contributed by atoms with Gasteiger partial charge in [0.1, 0.15) is 5.57 Å². The number of aryl methyl sites for hydroxylation is 1. The van der Waals surface area contributed by atoms with Gasteiger partial charge in [0.05, 0.1) is 14.2 Å². The lowest BCUT2D eigenvalue weighted by molar-refractivity contribution is -0.143. The molecule has 112 valence electrons. The monoisotopic (exact) mass is 353 g/mol. The molecule has 0 saturated heterocycles. The number of ether oxygens (including phenoxy) is 2. The molecule has 0 saturated carbocycles. The van der Waals surface area contributed by atoms with E-state index in [1.165, 1.54) is 20.3 Å². The Labute approximate surface area is 131 Å². The number of halogens is 1. The third-order valence-corrected chi connectivity index (χ3v) is 3.71. The lowest BCUT2D eigenvalue weighted by Gasteiger charge is -2.21. The zero-order valence-electron chi connectivity index (χ0n) is 11.9. The maximum atomic E-state index is 11.7. The number of esters is 2. The lowest BCUT2D eigenvalue weighted by Crippen LogP contribution is -2.17. The van der Waals surface area contributed by atoms with Crippen molar-refractivity contribution < 1.29 is 19.1 Å². The van der Waals surface area contributed by atoms with Crippen molar-refractivity contribution in [2.45, 2.75) is 12.8 Å². The van der Waals surface area contributed by atoms with Gasteiger partial charge in [-0.15, -0.1) is 0 Å². The van der Waals surface area contributed by atoms with E-state index in [0.717, 1.165) is 40.7 Å². The fraction of sp³-hybridized carbons (Fsp3) is 0.333. The summed E-state index contributed by atoms with van der Waals surface area (Å²) in [6.07, 6.45) is 3.50. The first kappa shape index (κ1) is 15.6. The minimum Gasteiger partial charge on any atom is -0.465 e. The Morgan fingerprint density at radius 2 is 1.90 bits per heavy atom. The van der Waals surface area contributed by atoms with Gasteiger partial charge < -0.3 is 14.8 Å². The van der Waals surface area contributed by atoms with Crippen molar-refractivity contribution in [3.8, 4) is 0 Å². The van der Waals surface area contributed by atoms with Crippen molar-refractivity contribution in [3.63, 3.8) is 0 Å². The van der Waals surface area contributed by atoms with Crippen LogP contribution in [0.5, 0.6) is 0 Å². The van der Waals surface area contributed by atoms with Crippen LogP contribution in [-0.4, -0.2) is 32.7 Å². The molecule has 1 heterocycles. The molecule has 0 bridgehead atoms. The Hall–Kier alpha value is -1.82. The van der Waals surface area contributed by atoms with Gasteiger partial charge in [-0.1, -0.05) is 15.9 Å². The molecule has 6 heteroatoms. The number of methoxy groups -OCH3 is 2. The standard InChI is InChI=1S/C15H16BrNO4/c1-20-14(18)12(15(19)21-2)8-10-7-11(16)6-9-4-3-5-17-13(9)10/h6-8,17H,3-5H2,1-2H3. The highest BCUT2D eigenvalue weighted by Gasteiger charge is 2.21. The molecule has 1 aromatic carbocycles. The third kappa shape index (κ3) is 3.44. The molecule has 0 amide bonds. The summed E-state index contributed by atoms with van der Waals surface area (Å²) in [5.41, 5.74) is 2.71. The van der Waals surface area contributed by atoms with E-state index in [9.17, 15) is 9.59 Å². The van der Waals surface area contributed by atoms with Gasteiger partial charge in [0.2, 0.25) is 0 Å². The van der Waals surface area contributed by atoms with Crippen LogP contribution in [0, 0.1) is 0 Å². The van der Waals surface area contributed by atoms with Gasteiger partial charge in [-0.25, -0.2) is 9.59 Å². The van der Waals surface area contributed by atoms with Crippen molar-refractivity contribution in [1.29, 1.82) is 0 Å². The topological polar surface area (TPSA) is 64.6 Å². The second-order valence-corrected chi connectivity index (χ2v) is 5.52. The maximum absolute atomic E-state index is 11.7. The Morgan fingerprint density at radius 3 is 2.52 bits per heavy atom. The van der Waals surface area contributed by atoms with Gasteiger partial charge in [0.25, 0.3) is 0 Å². The highest BCUT2D eigenvalue weighted by atomic mass is 79.9. The van der Waals surface area contributed by atoms with E-state index in [1.54, 1.807) is 0 Å². The summed E-state index contributed by atoms with van der Waals surface area (Å²) in [4.78, 5) is 23.5. The predicted octanol–water partition coefficient (Wildman–Crippen LogP) is 2.54. The zero-order chi connectivity index (χ0) is 15.4. The van der Waals surface area contributed by atoms with Crippen LogP contribution in [0.2, 0.25) is 0 Å². The van der Waals surface area contributed by atoms with Gasteiger partial charge in [0, 0.05) is 22.3 Å². The van der Waals surface area contributed by atoms with Crippen molar-refractivity contribution in [2.75, 3.05) is 26.1 Å². The lowest BCUT2D eigenvalue weighted by atomic mass is 9.98. The summed E-state index contributed by atoms with van der Waals surface area (Å²) in [5, 5.41) is 3.31. The van der Waals surface area contributed by atoms with Gasteiger partial charge in [-0.3, -0.25) is 0 Å². The molecular weight excluding hydrogens is 338 g/mol. The summed E-state index contributed by atoms with van der Waals surface area (Å²) in [7, 11) is 2.46. The fourth-order valence-corrected chi connectivity index (χ4v) is 2.80. The maximum Gasteiger partial charge on any atom is 0.345 e. The molecule has 5 nitrogen and oxygen atoms in total. The van der Waals surface area contributed by atoms with Crippen LogP contribution < -0.4 is 5.32 Å². The number of benzene rings is 1. The Morgan fingerprint density at radius 1 is 1.24 bits per heavy atom. The minimum atomic E-state index is -0.716. The molecule has 1 aliphatic heterocycles. The van der Waals surface area contributed by atoms with E-state index in [1.807, 2.05) is 12.1 Å². The highest BCUT2D eigenvalue weighted by molar-refractivity contribution is 9.10. The van der Waals surface area contributed by atoms with Gasteiger partial charge in [-0.2, -0.15) is 0 Å². The van der Waals surface area contributed by atoms with Crippen LogP contribution in [0.15, 0.2) is 22.2 Å². The molecule has 0 spiro atoms. The van der Waals surface area contributed by atoms with Crippen LogP contribution >= 0.6 is 15.9 Å². The molecule has 0 aromatic heterocycles. The molecule has 0 atom stereocenters. The van der Waals surface area contributed by atoms with Gasteiger partial charge >= 0.3 is 11.9 Å². The van der Waals surface area contributed by atoms with Crippen molar-refractivity contribution in [3.05, 3.63) is 33.3 Å². The number of carbonyl (C=O) groups excluding carboxylic acids is 2. The summed E-state index contributed by atoms with van der Waals surface area (Å²) < 4.78 is 10.2. The van der Waals surface area contributed by atoms with E-state index in [2.05, 4.69) is 30.7 Å². The number of carbonyl (C=O) groups is 2. The molecule has 1 aliphatic rings. The molecule has 0 fully saturated rings. The van der Waals surface area contributed by atoms with E-state index in [0.29, 0.717) is 0 Å². The second kappa shape index (κ2) is 6.76. The molecule has 0 radical (unpaired) electrons. The Balaban J connectivity index is 2.53. The molecular formula is C15H16BrNO4. The summed E-state index contributed by atoms with van der Waals surface area (Å²) in [6, 6.07) is 3.89. The smallest absolute Gasteiger partial charge is 0.345 e. The number of nitrogens with one attached hydrogen (secondary N) is 1. The first-order chi connectivity index (χ1) is 10.1. The van der Waals surface area contributed by atoms with E-state index in [4.69, 9.17) is 0 Å². The van der Waals surface area contributed by atoms with Crippen LogP contribution in [0.1, 0.15) is 17.5 Å². The Bertz CT molecular complexity index is 592. The van der Waals surface area contributed by atoms with Gasteiger partial charge in [0.15, 0.2) is 0 Å². The fourth-order valence-electron chi connectivity index (χ4n) is 2.28. The van der Waals surface area contributed by atoms with Crippen molar-refractivity contribution >= 4 is 39.6 Å². The third-order valence-electron chi connectivity index (χ3n) is 3.25. The number of hydrogen-bond donors (Lipinski definition) is 1. The minimum absolute atomic E-state index is 0.132. The summed E-state index contributed by atoms with van der Waals surface area (Å²) in [5.74, 6) is -1.43. The molecule has 2 rings (SSSR count). The van der Waals surface area contributed by atoms with Crippen LogP contribution in [0.25, 0.3) is 6.08 Å². The highest BCUT2D eigenvalue weighted by Crippen LogP contribution is 2.31. The van der Waals surface area contributed by atoms with E-state index >= 15 is 0 Å². The molecule has 0 aliphatic carbocycles.